The maximum atomic E-state index is 11.0. The van der Waals surface area contributed by atoms with Gasteiger partial charge in [-0.05, 0) is 12.2 Å². The molecule has 0 aromatic rings. The number of rotatable bonds is 4. The van der Waals surface area contributed by atoms with Gasteiger partial charge in [0.05, 0.1) is 0 Å². The van der Waals surface area contributed by atoms with Crippen molar-refractivity contribution in [3.05, 3.63) is 12.2 Å². The Morgan fingerprint density at radius 2 is 1.08 bits per heavy atom. The second kappa shape index (κ2) is 4.86. The monoisotopic (exact) mass is 168 g/mol. The molecule has 0 saturated heterocycles. The molecule has 0 N–H and O–H groups in total. The maximum absolute atomic E-state index is 11.0. The number of allylic oxidation sites excluding steroid dienone is 2. The second-order valence-electron chi connectivity index (χ2n) is 3.45. The van der Waals surface area contributed by atoms with E-state index >= 15 is 0 Å². The Kier molecular flexibility index (Phi) is 4.49. The van der Waals surface area contributed by atoms with Crippen LogP contribution in [-0.4, -0.2) is 11.6 Å². The molecule has 0 unspecified atom stereocenters. The number of ketones is 2. The lowest BCUT2D eigenvalue weighted by atomic mass is 10.1. The molecule has 12 heavy (non-hydrogen) atoms. The van der Waals surface area contributed by atoms with E-state index in [0.29, 0.717) is 0 Å². The zero-order chi connectivity index (χ0) is 9.72. The first kappa shape index (κ1) is 11.1. The third kappa shape index (κ3) is 4.06. The Bertz CT molecular complexity index is 178. The largest absolute Gasteiger partial charge is 0.295 e. The summed E-state index contributed by atoms with van der Waals surface area (Å²) in [5, 5.41) is 0. The van der Waals surface area contributed by atoms with E-state index in [9.17, 15) is 9.59 Å². The molecule has 0 aliphatic rings. The van der Waals surface area contributed by atoms with Gasteiger partial charge in [-0.1, -0.05) is 27.7 Å². The molecule has 0 rings (SSSR count). The standard InChI is InChI=1S/C10H16O2/c1-7(2)9(11)5-6-10(12)8(3)4/h5-8H,1-4H3/b6-5+. The van der Waals surface area contributed by atoms with Crippen LogP contribution in [0.4, 0.5) is 0 Å². The van der Waals surface area contributed by atoms with E-state index in [4.69, 9.17) is 0 Å². The molecule has 0 aromatic heterocycles. The second-order valence-corrected chi connectivity index (χ2v) is 3.45. The SMILES string of the molecule is CC(C)C(=O)/C=C/C(=O)C(C)C. The Labute approximate surface area is 73.7 Å². The van der Waals surface area contributed by atoms with Gasteiger partial charge in [0.1, 0.15) is 0 Å². The van der Waals surface area contributed by atoms with Crippen LogP contribution in [0.25, 0.3) is 0 Å². The average molecular weight is 168 g/mol. The van der Waals surface area contributed by atoms with E-state index in [1.165, 1.54) is 12.2 Å². The predicted molar refractivity (Wildman–Crippen MR) is 48.8 cm³/mol. The first-order chi connectivity index (χ1) is 5.45. The molecule has 2 nitrogen and oxygen atoms in total. The summed E-state index contributed by atoms with van der Waals surface area (Å²) in [4.78, 5) is 22.1. The van der Waals surface area contributed by atoms with Crippen LogP contribution < -0.4 is 0 Å². The van der Waals surface area contributed by atoms with E-state index in [1.807, 2.05) is 27.7 Å². The van der Waals surface area contributed by atoms with Crippen LogP contribution in [-0.2, 0) is 9.59 Å². The minimum atomic E-state index is -0.0267. The van der Waals surface area contributed by atoms with Gasteiger partial charge in [-0.2, -0.15) is 0 Å². The molecule has 0 spiro atoms. The van der Waals surface area contributed by atoms with Crippen molar-refractivity contribution in [2.75, 3.05) is 0 Å². The third-order valence-electron chi connectivity index (χ3n) is 1.55. The first-order valence-electron chi connectivity index (χ1n) is 4.21. The molecular weight excluding hydrogens is 152 g/mol. The topological polar surface area (TPSA) is 34.1 Å². The smallest absolute Gasteiger partial charge is 0.158 e. The van der Waals surface area contributed by atoms with Crippen LogP contribution in [0.2, 0.25) is 0 Å². The van der Waals surface area contributed by atoms with Crippen LogP contribution in [0.1, 0.15) is 27.7 Å². The van der Waals surface area contributed by atoms with Gasteiger partial charge in [0.25, 0.3) is 0 Å². The maximum Gasteiger partial charge on any atom is 0.158 e. The molecule has 0 atom stereocenters. The van der Waals surface area contributed by atoms with E-state index in [-0.39, 0.29) is 23.4 Å². The van der Waals surface area contributed by atoms with E-state index in [0.717, 1.165) is 0 Å². The third-order valence-corrected chi connectivity index (χ3v) is 1.55. The summed E-state index contributed by atoms with van der Waals surface area (Å²) >= 11 is 0. The number of carbonyl (C=O) groups is 2. The number of hydrogen-bond donors (Lipinski definition) is 0. The molecule has 0 fully saturated rings. The Hall–Kier alpha value is -0.920. The summed E-state index contributed by atoms with van der Waals surface area (Å²) in [7, 11) is 0. The zero-order valence-corrected chi connectivity index (χ0v) is 8.13. The van der Waals surface area contributed by atoms with Gasteiger partial charge in [-0.3, -0.25) is 9.59 Å². The van der Waals surface area contributed by atoms with Crippen molar-refractivity contribution in [1.82, 2.24) is 0 Å². The highest BCUT2D eigenvalue weighted by molar-refractivity contribution is 5.99. The molecule has 0 bridgehead atoms. The first-order valence-corrected chi connectivity index (χ1v) is 4.21. The molecule has 0 saturated carbocycles. The summed E-state index contributed by atoms with van der Waals surface area (Å²) < 4.78 is 0. The highest BCUT2D eigenvalue weighted by Crippen LogP contribution is 1.99. The van der Waals surface area contributed by atoms with Crippen molar-refractivity contribution in [3.8, 4) is 0 Å². The molecular formula is C10H16O2. The zero-order valence-electron chi connectivity index (χ0n) is 8.13. The van der Waals surface area contributed by atoms with Gasteiger partial charge in [-0.25, -0.2) is 0 Å². The van der Waals surface area contributed by atoms with Gasteiger partial charge >= 0.3 is 0 Å². The van der Waals surface area contributed by atoms with E-state index in [2.05, 4.69) is 0 Å². The molecule has 0 aromatic carbocycles. The molecule has 0 aliphatic carbocycles. The fraction of sp³-hybridized carbons (Fsp3) is 0.600. The van der Waals surface area contributed by atoms with Crippen molar-refractivity contribution in [2.45, 2.75) is 27.7 Å². The van der Waals surface area contributed by atoms with Gasteiger partial charge in [0.15, 0.2) is 11.6 Å². The lowest BCUT2D eigenvalue weighted by molar-refractivity contribution is -0.119. The average Bonchev–Trinajstić information content (AvgIpc) is 1.98. The Morgan fingerprint density at radius 1 is 0.833 bits per heavy atom. The Morgan fingerprint density at radius 3 is 1.25 bits per heavy atom. The summed E-state index contributed by atoms with van der Waals surface area (Å²) in [6, 6.07) is 0. The van der Waals surface area contributed by atoms with Crippen LogP contribution in [0.5, 0.6) is 0 Å². The summed E-state index contributed by atoms with van der Waals surface area (Å²) in [6.07, 6.45) is 2.74. The minimum absolute atomic E-state index is 0.00370. The van der Waals surface area contributed by atoms with E-state index < -0.39 is 0 Å². The van der Waals surface area contributed by atoms with Gasteiger partial charge in [-0.15, -0.1) is 0 Å². The van der Waals surface area contributed by atoms with Crippen LogP contribution in [0.3, 0.4) is 0 Å². The fourth-order valence-electron chi connectivity index (χ4n) is 0.549. The van der Waals surface area contributed by atoms with E-state index in [1.54, 1.807) is 0 Å². The summed E-state index contributed by atoms with van der Waals surface area (Å²) in [6.45, 7) is 7.25. The number of hydrogen-bond acceptors (Lipinski definition) is 2. The predicted octanol–water partition coefficient (Wildman–Crippen LogP) is 1.99. The van der Waals surface area contributed by atoms with Crippen molar-refractivity contribution >= 4 is 11.6 Å². The molecule has 0 radical (unpaired) electrons. The van der Waals surface area contributed by atoms with Crippen molar-refractivity contribution in [1.29, 1.82) is 0 Å². The Balaban J connectivity index is 4.08. The highest BCUT2D eigenvalue weighted by Gasteiger charge is 2.05. The van der Waals surface area contributed by atoms with Gasteiger partial charge in [0, 0.05) is 11.8 Å². The molecule has 0 heterocycles. The van der Waals surface area contributed by atoms with Crippen LogP contribution >= 0.6 is 0 Å². The van der Waals surface area contributed by atoms with Crippen molar-refractivity contribution in [3.63, 3.8) is 0 Å². The quantitative estimate of drug-likeness (QED) is 0.601. The fourth-order valence-corrected chi connectivity index (χ4v) is 0.549. The molecule has 68 valence electrons. The summed E-state index contributed by atoms with van der Waals surface area (Å²) in [5.41, 5.74) is 0. The molecule has 0 aliphatic heterocycles. The van der Waals surface area contributed by atoms with Crippen molar-refractivity contribution < 1.29 is 9.59 Å². The molecule has 2 heteroatoms. The number of carbonyl (C=O) groups excluding carboxylic acids is 2. The van der Waals surface area contributed by atoms with Crippen LogP contribution in [0.15, 0.2) is 12.2 Å². The lowest BCUT2D eigenvalue weighted by Crippen LogP contribution is -2.06. The van der Waals surface area contributed by atoms with Crippen LogP contribution in [0, 0.1) is 11.8 Å². The summed E-state index contributed by atoms with van der Waals surface area (Å²) in [5.74, 6) is -0.0459. The van der Waals surface area contributed by atoms with Crippen molar-refractivity contribution in [2.24, 2.45) is 11.8 Å². The minimum Gasteiger partial charge on any atom is -0.295 e. The lowest BCUT2D eigenvalue weighted by Gasteiger charge is -1.98. The van der Waals surface area contributed by atoms with Gasteiger partial charge < -0.3 is 0 Å². The molecule has 0 amide bonds. The van der Waals surface area contributed by atoms with Gasteiger partial charge in [0.2, 0.25) is 0 Å². The highest BCUT2D eigenvalue weighted by atomic mass is 16.1. The normalized spacial score (nSPS) is 11.5.